The van der Waals surface area contributed by atoms with E-state index in [1.54, 1.807) is 17.9 Å². The molecule has 196 valence electrons. The second-order valence-corrected chi connectivity index (χ2v) is 11.3. The minimum Gasteiger partial charge on any atom is -0.481 e. The van der Waals surface area contributed by atoms with E-state index in [4.69, 9.17) is 9.84 Å². The zero-order valence-corrected chi connectivity index (χ0v) is 21.3. The number of likely N-dealkylation sites (tertiary alicyclic amines) is 1. The highest BCUT2D eigenvalue weighted by Crippen LogP contribution is 2.65. The first kappa shape index (κ1) is 26.1. The predicted octanol–water partition coefficient (Wildman–Crippen LogP) is 2.98. The third kappa shape index (κ3) is 4.20. The van der Waals surface area contributed by atoms with Crippen LogP contribution in [0.25, 0.3) is 0 Å². The Morgan fingerprint density at radius 2 is 1.89 bits per heavy atom. The molecule has 6 atom stereocenters. The van der Waals surface area contributed by atoms with Gasteiger partial charge in [-0.25, -0.2) is 0 Å². The molecule has 1 saturated carbocycles. The Morgan fingerprint density at radius 1 is 1.20 bits per heavy atom. The van der Waals surface area contributed by atoms with E-state index >= 15 is 0 Å². The molecule has 2 bridgehead atoms. The van der Waals surface area contributed by atoms with Gasteiger partial charge in [-0.3, -0.25) is 14.4 Å². The average molecular weight is 491 g/mol. The van der Waals surface area contributed by atoms with Gasteiger partial charge in [-0.05, 0) is 44.9 Å². The molecule has 4 aliphatic rings. The SMILES string of the molecule is C=CCN(C(=O)C1N(CCCCCCO)C(=O)[C@@H]2[C@H](C(=O)O)[C@@]3(C)OC12CC3C)C1CCCCC1. The number of rotatable bonds is 11. The molecule has 8 nitrogen and oxygen atoms in total. The van der Waals surface area contributed by atoms with Crippen LogP contribution in [-0.4, -0.2) is 80.8 Å². The average Bonchev–Trinajstić information content (AvgIpc) is 3.34. The molecule has 0 aromatic heterocycles. The van der Waals surface area contributed by atoms with E-state index in [0.29, 0.717) is 32.4 Å². The maximum absolute atomic E-state index is 14.4. The van der Waals surface area contributed by atoms with Crippen molar-refractivity contribution >= 4 is 17.8 Å². The van der Waals surface area contributed by atoms with Crippen molar-refractivity contribution in [3.8, 4) is 0 Å². The van der Waals surface area contributed by atoms with Crippen LogP contribution in [0.3, 0.4) is 0 Å². The number of aliphatic hydroxyl groups is 1. The van der Waals surface area contributed by atoms with Gasteiger partial charge in [0.15, 0.2) is 0 Å². The maximum atomic E-state index is 14.4. The van der Waals surface area contributed by atoms with Crippen LogP contribution in [0.15, 0.2) is 12.7 Å². The molecule has 8 heteroatoms. The lowest BCUT2D eigenvalue weighted by Gasteiger charge is -2.41. The van der Waals surface area contributed by atoms with Gasteiger partial charge in [-0.15, -0.1) is 6.58 Å². The molecule has 3 aliphatic heterocycles. The standard InChI is InChI=1S/C27H42N2O6/c1-4-14-28(19-12-8-7-9-13-19)24(32)22-27-17-18(2)26(3,35-27)21(25(33)34)20(27)23(31)29(22)15-10-5-6-11-16-30/h4,18-22,30H,1,5-17H2,2-3H3,(H,33,34)/t18?,20-,21+,22?,26-,27?/m0/s1. The number of fused-ring (bicyclic) bond motifs is 1. The van der Waals surface area contributed by atoms with Gasteiger partial charge in [0.25, 0.3) is 0 Å². The maximum Gasteiger partial charge on any atom is 0.310 e. The summed E-state index contributed by atoms with van der Waals surface area (Å²) in [6.45, 7) is 8.61. The van der Waals surface area contributed by atoms with Crippen molar-refractivity contribution in [3.63, 3.8) is 0 Å². The van der Waals surface area contributed by atoms with E-state index in [1.165, 1.54) is 6.42 Å². The van der Waals surface area contributed by atoms with Crippen molar-refractivity contribution in [2.45, 2.75) is 101 Å². The fourth-order valence-corrected chi connectivity index (χ4v) is 7.49. The number of aliphatic hydroxyl groups excluding tert-OH is 1. The first-order valence-electron chi connectivity index (χ1n) is 13.5. The number of aliphatic carboxylic acids is 1. The summed E-state index contributed by atoms with van der Waals surface area (Å²) in [4.78, 5) is 44.2. The third-order valence-corrected chi connectivity index (χ3v) is 9.25. The number of nitrogens with zero attached hydrogens (tertiary/aromatic N) is 2. The Labute approximate surface area is 208 Å². The highest BCUT2D eigenvalue weighted by Gasteiger charge is 2.80. The number of carbonyl (C=O) groups excluding carboxylic acids is 2. The summed E-state index contributed by atoms with van der Waals surface area (Å²) in [5, 5.41) is 19.3. The molecule has 2 N–H and O–H groups in total. The molecule has 1 spiro atoms. The lowest BCUT2D eigenvalue weighted by atomic mass is 9.62. The fraction of sp³-hybridized carbons (Fsp3) is 0.815. The third-order valence-electron chi connectivity index (χ3n) is 9.25. The van der Waals surface area contributed by atoms with Crippen molar-refractivity contribution in [1.29, 1.82) is 0 Å². The van der Waals surface area contributed by atoms with Crippen LogP contribution in [0.1, 0.15) is 78.1 Å². The molecule has 3 heterocycles. The van der Waals surface area contributed by atoms with E-state index in [2.05, 4.69) is 6.58 Å². The molecule has 4 fully saturated rings. The van der Waals surface area contributed by atoms with Crippen molar-refractivity contribution in [2.24, 2.45) is 17.8 Å². The molecule has 0 radical (unpaired) electrons. The zero-order valence-electron chi connectivity index (χ0n) is 21.3. The van der Waals surface area contributed by atoms with Crippen molar-refractivity contribution in [3.05, 3.63) is 12.7 Å². The van der Waals surface area contributed by atoms with E-state index in [9.17, 15) is 19.5 Å². The molecule has 2 amide bonds. The lowest BCUT2D eigenvalue weighted by Crippen LogP contribution is -2.58. The number of carbonyl (C=O) groups is 3. The van der Waals surface area contributed by atoms with Gasteiger partial charge in [0.1, 0.15) is 17.6 Å². The number of unbranched alkanes of at least 4 members (excludes halogenated alkanes) is 3. The van der Waals surface area contributed by atoms with Crippen LogP contribution in [0.5, 0.6) is 0 Å². The van der Waals surface area contributed by atoms with Gasteiger partial charge in [-0.1, -0.05) is 45.1 Å². The Bertz CT molecular complexity index is 842. The Balaban J connectivity index is 1.70. The topological polar surface area (TPSA) is 107 Å². The van der Waals surface area contributed by atoms with E-state index < -0.39 is 35.0 Å². The highest BCUT2D eigenvalue weighted by atomic mass is 16.5. The number of ether oxygens (including phenoxy) is 1. The van der Waals surface area contributed by atoms with Crippen LogP contribution in [0.4, 0.5) is 0 Å². The van der Waals surface area contributed by atoms with Crippen LogP contribution in [0.2, 0.25) is 0 Å². The van der Waals surface area contributed by atoms with Crippen LogP contribution < -0.4 is 0 Å². The Kier molecular flexibility index (Phi) is 7.62. The number of amides is 2. The summed E-state index contributed by atoms with van der Waals surface area (Å²) in [5.41, 5.74) is -2.07. The molecule has 0 aromatic rings. The quantitative estimate of drug-likeness (QED) is 0.341. The first-order valence-corrected chi connectivity index (χ1v) is 13.5. The monoisotopic (exact) mass is 490 g/mol. The molecule has 1 aliphatic carbocycles. The van der Waals surface area contributed by atoms with Crippen molar-refractivity contribution < 1.29 is 29.3 Å². The number of carboxylic acids is 1. The van der Waals surface area contributed by atoms with Crippen LogP contribution >= 0.6 is 0 Å². The van der Waals surface area contributed by atoms with Crippen molar-refractivity contribution in [1.82, 2.24) is 9.80 Å². The first-order chi connectivity index (χ1) is 16.7. The number of hydrogen-bond donors (Lipinski definition) is 2. The second-order valence-electron chi connectivity index (χ2n) is 11.3. The Hall–Kier alpha value is -1.93. The van der Waals surface area contributed by atoms with Gasteiger partial charge in [0, 0.05) is 25.7 Å². The van der Waals surface area contributed by atoms with Gasteiger partial charge in [0.05, 0.1) is 11.5 Å². The largest absolute Gasteiger partial charge is 0.481 e. The van der Waals surface area contributed by atoms with Gasteiger partial charge >= 0.3 is 5.97 Å². The highest BCUT2D eigenvalue weighted by molar-refractivity contribution is 5.98. The summed E-state index contributed by atoms with van der Waals surface area (Å²) < 4.78 is 6.60. The number of hydrogen-bond acceptors (Lipinski definition) is 5. The van der Waals surface area contributed by atoms with Crippen LogP contribution in [-0.2, 0) is 19.1 Å². The van der Waals surface area contributed by atoms with Gasteiger partial charge < -0.3 is 24.7 Å². The smallest absolute Gasteiger partial charge is 0.310 e. The van der Waals surface area contributed by atoms with Crippen molar-refractivity contribution in [2.75, 3.05) is 19.7 Å². The Morgan fingerprint density at radius 3 is 2.51 bits per heavy atom. The second kappa shape index (κ2) is 10.2. The van der Waals surface area contributed by atoms with E-state index in [0.717, 1.165) is 38.5 Å². The summed E-state index contributed by atoms with van der Waals surface area (Å²) in [5.74, 6) is -3.28. The molecular weight excluding hydrogens is 448 g/mol. The minimum atomic E-state index is -1.11. The number of carboxylic acid groups (broad SMARTS) is 1. The van der Waals surface area contributed by atoms with Crippen LogP contribution in [0, 0.1) is 17.8 Å². The summed E-state index contributed by atoms with van der Waals surface area (Å²) in [6.07, 6.45) is 10.5. The molecule has 35 heavy (non-hydrogen) atoms. The van der Waals surface area contributed by atoms with E-state index in [-0.39, 0.29) is 30.4 Å². The molecule has 3 unspecified atom stereocenters. The summed E-state index contributed by atoms with van der Waals surface area (Å²) in [7, 11) is 0. The zero-order chi connectivity index (χ0) is 25.4. The minimum absolute atomic E-state index is 0.0741. The van der Waals surface area contributed by atoms with Gasteiger partial charge in [0.2, 0.25) is 11.8 Å². The lowest BCUT2D eigenvalue weighted by molar-refractivity contribution is -0.158. The normalized spacial score (nSPS) is 36.4. The predicted molar refractivity (Wildman–Crippen MR) is 130 cm³/mol. The summed E-state index contributed by atoms with van der Waals surface area (Å²) in [6, 6.07) is -0.707. The van der Waals surface area contributed by atoms with E-state index in [1.807, 2.05) is 11.8 Å². The fourth-order valence-electron chi connectivity index (χ4n) is 7.49. The molecule has 4 rings (SSSR count). The van der Waals surface area contributed by atoms with Gasteiger partial charge in [-0.2, -0.15) is 0 Å². The summed E-state index contributed by atoms with van der Waals surface area (Å²) >= 11 is 0. The molecule has 3 saturated heterocycles. The molecule has 0 aromatic carbocycles. The molecular formula is C27H42N2O6.